The first kappa shape index (κ1) is 14.2. The van der Waals surface area contributed by atoms with Crippen molar-refractivity contribution in [2.45, 2.75) is 45.4 Å². The van der Waals surface area contributed by atoms with Gasteiger partial charge in [-0.05, 0) is 54.9 Å². The van der Waals surface area contributed by atoms with Crippen LogP contribution in [0, 0.1) is 12.8 Å². The molecular weight excluding hydrogens is 243 g/mol. The lowest BCUT2D eigenvalue weighted by molar-refractivity contribution is 0.0954. The fourth-order valence-electron chi connectivity index (χ4n) is 3.78. The van der Waals surface area contributed by atoms with Crippen LogP contribution >= 0.6 is 0 Å². The van der Waals surface area contributed by atoms with Crippen LogP contribution in [0.4, 0.5) is 0 Å². The minimum atomic E-state index is 0.303. The fraction of sp³-hybridized carbons (Fsp3) is 0.647. The van der Waals surface area contributed by atoms with Gasteiger partial charge in [-0.2, -0.15) is 0 Å². The Balaban J connectivity index is 1.62. The second-order valence-corrected chi connectivity index (χ2v) is 6.78. The van der Waals surface area contributed by atoms with Gasteiger partial charge in [-0.3, -0.25) is 0 Å². The Bertz CT molecular complexity index is 478. The molecule has 0 aliphatic carbocycles. The maximum absolute atomic E-state index is 5.86. The summed E-state index contributed by atoms with van der Waals surface area (Å²) < 4.78 is 0. The Labute approximate surface area is 124 Å². The third-order valence-electron chi connectivity index (χ3n) is 4.86. The van der Waals surface area contributed by atoms with E-state index in [1.54, 1.807) is 22.3 Å². The van der Waals surface area contributed by atoms with Gasteiger partial charge in [-0.15, -0.1) is 0 Å². The van der Waals surface area contributed by atoms with Gasteiger partial charge in [-0.1, -0.05) is 24.8 Å². The Morgan fingerprint density at radius 1 is 1.40 bits per heavy atom. The standard InChI is InChI=1S/C17H26BN2/c1-12(19)9-20-10-14(11-20)7-16-4-3-15-5-6-18-8-17(15)13(16)2/h3-4,12,14H,5-11,19H2,1-2H3. The molecule has 0 amide bonds. The van der Waals surface area contributed by atoms with E-state index in [9.17, 15) is 0 Å². The van der Waals surface area contributed by atoms with Gasteiger partial charge >= 0.3 is 0 Å². The summed E-state index contributed by atoms with van der Waals surface area (Å²) in [5.74, 6) is 0.832. The maximum Gasteiger partial charge on any atom is 0.115 e. The summed E-state index contributed by atoms with van der Waals surface area (Å²) in [5.41, 5.74) is 12.2. The SMILES string of the molecule is Cc1c(CC2CN(CC(C)N)C2)ccc2c1C[B]CC2. The smallest absolute Gasteiger partial charge is 0.115 e. The zero-order valence-electron chi connectivity index (χ0n) is 12.9. The number of hydrogen-bond donors (Lipinski definition) is 1. The average Bonchev–Trinajstić information content (AvgIpc) is 2.39. The number of benzene rings is 1. The minimum absolute atomic E-state index is 0.303. The molecule has 1 fully saturated rings. The molecule has 3 heteroatoms. The Hall–Kier alpha value is -0.795. The summed E-state index contributed by atoms with van der Waals surface area (Å²) >= 11 is 0. The topological polar surface area (TPSA) is 29.3 Å². The summed E-state index contributed by atoms with van der Waals surface area (Å²) in [6, 6.07) is 5.06. The number of aryl methyl sites for hydroxylation is 1. The molecule has 2 N–H and O–H groups in total. The van der Waals surface area contributed by atoms with Crippen molar-refractivity contribution in [2.24, 2.45) is 11.7 Å². The lowest BCUT2D eigenvalue weighted by atomic mass is 9.61. The van der Waals surface area contributed by atoms with Crippen molar-refractivity contribution in [2.75, 3.05) is 19.6 Å². The molecule has 1 radical (unpaired) electrons. The van der Waals surface area contributed by atoms with Crippen LogP contribution in [0.3, 0.4) is 0 Å². The van der Waals surface area contributed by atoms with Crippen LogP contribution < -0.4 is 5.73 Å². The molecule has 0 bridgehead atoms. The Morgan fingerprint density at radius 3 is 2.95 bits per heavy atom. The van der Waals surface area contributed by atoms with Crippen molar-refractivity contribution in [1.29, 1.82) is 0 Å². The molecule has 107 valence electrons. The molecule has 2 aliphatic heterocycles. The molecule has 2 heterocycles. The lowest BCUT2D eigenvalue weighted by Gasteiger charge is -2.40. The number of nitrogens with zero attached hydrogens (tertiary/aromatic N) is 1. The number of hydrogen-bond acceptors (Lipinski definition) is 2. The van der Waals surface area contributed by atoms with E-state index in [4.69, 9.17) is 5.73 Å². The Morgan fingerprint density at radius 2 is 2.20 bits per heavy atom. The monoisotopic (exact) mass is 269 g/mol. The van der Waals surface area contributed by atoms with Crippen molar-refractivity contribution >= 4 is 7.28 Å². The molecule has 1 aromatic carbocycles. The molecule has 1 atom stereocenters. The predicted molar refractivity (Wildman–Crippen MR) is 86.4 cm³/mol. The molecular formula is C17H26BN2. The molecule has 0 saturated carbocycles. The quantitative estimate of drug-likeness (QED) is 0.847. The first-order chi connectivity index (χ1) is 9.63. The van der Waals surface area contributed by atoms with Gasteiger partial charge < -0.3 is 10.6 Å². The summed E-state index contributed by atoms with van der Waals surface area (Å²) in [6.07, 6.45) is 4.91. The van der Waals surface area contributed by atoms with Gasteiger partial charge in [-0.25, -0.2) is 0 Å². The third kappa shape index (κ3) is 2.94. The zero-order valence-corrected chi connectivity index (χ0v) is 12.9. The van der Waals surface area contributed by atoms with Crippen LogP contribution in [0.5, 0.6) is 0 Å². The van der Waals surface area contributed by atoms with Crippen molar-refractivity contribution in [3.8, 4) is 0 Å². The number of nitrogens with two attached hydrogens (primary N) is 1. The highest BCUT2D eigenvalue weighted by Crippen LogP contribution is 2.28. The predicted octanol–water partition coefficient (Wildman–Crippen LogP) is 2.00. The molecule has 2 aliphatic rings. The van der Waals surface area contributed by atoms with Crippen LogP contribution in [0.25, 0.3) is 0 Å². The molecule has 1 unspecified atom stereocenters. The second-order valence-electron chi connectivity index (χ2n) is 6.78. The van der Waals surface area contributed by atoms with Crippen molar-refractivity contribution in [3.05, 3.63) is 34.4 Å². The highest BCUT2D eigenvalue weighted by Gasteiger charge is 2.27. The lowest BCUT2D eigenvalue weighted by Crippen LogP contribution is -2.51. The Kier molecular flexibility index (Phi) is 4.18. The molecule has 1 saturated heterocycles. The summed E-state index contributed by atoms with van der Waals surface area (Å²) in [4.78, 5) is 2.48. The zero-order chi connectivity index (χ0) is 14.1. The fourth-order valence-corrected chi connectivity index (χ4v) is 3.78. The first-order valence-electron chi connectivity index (χ1n) is 8.03. The van der Waals surface area contributed by atoms with Crippen LogP contribution in [0.2, 0.25) is 6.32 Å². The van der Waals surface area contributed by atoms with E-state index in [-0.39, 0.29) is 0 Å². The van der Waals surface area contributed by atoms with Crippen LogP contribution in [0.1, 0.15) is 29.2 Å². The number of likely N-dealkylation sites (tertiary alicyclic amines) is 1. The largest absolute Gasteiger partial charge is 0.327 e. The highest BCUT2D eigenvalue weighted by atomic mass is 15.2. The van der Waals surface area contributed by atoms with E-state index < -0.39 is 0 Å². The minimum Gasteiger partial charge on any atom is -0.327 e. The van der Waals surface area contributed by atoms with E-state index in [1.807, 2.05) is 0 Å². The molecule has 1 aromatic rings. The summed E-state index contributed by atoms with van der Waals surface area (Å²) in [7, 11) is 2.44. The van der Waals surface area contributed by atoms with E-state index in [0.29, 0.717) is 6.04 Å². The molecule has 3 rings (SSSR count). The molecule has 0 aromatic heterocycles. The van der Waals surface area contributed by atoms with E-state index in [2.05, 4.69) is 38.2 Å². The van der Waals surface area contributed by atoms with E-state index in [1.165, 1.54) is 38.6 Å². The van der Waals surface area contributed by atoms with Crippen LogP contribution in [0.15, 0.2) is 12.1 Å². The van der Waals surface area contributed by atoms with E-state index in [0.717, 1.165) is 12.5 Å². The van der Waals surface area contributed by atoms with Crippen LogP contribution in [-0.4, -0.2) is 37.9 Å². The van der Waals surface area contributed by atoms with Gasteiger partial charge in [0.2, 0.25) is 0 Å². The number of fused-ring (bicyclic) bond motifs is 1. The van der Waals surface area contributed by atoms with Crippen molar-refractivity contribution in [3.63, 3.8) is 0 Å². The molecule has 0 spiro atoms. The van der Waals surface area contributed by atoms with Crippen LogP contribution in [-0.2, 0) is 19.2 Å². The molecule has 20 heavy (non-hydrogen) atoms. The van der Waals surface area contributed by atoms with E-state index >= 15 is 0 Å². The third-order valence-corrected chi connectivity index (χ3v) is 4.86. The van der Waals surface area contributed by atoms with Gasteiger partial charge in [0.1, 0.15) is 7.28 Å². The average molecular weight is 269 g/mol. The van der Waals surface area contributed by atoms with Gasteiger partial charge in [0, 0.05) is 25.7 Å². The second kappa shape index (κ2) is 5.91. The van der Waals surface area contributed by atoms with Gasteiger partial charge in [0.15, 0.2) is 0 Å². The van der Waals surface area contributed by atoms with Gasteiger partial charge in [0.05, 0.1) is 0 Å². The maximum atomic E-state index is 5.86. The number of rotatable bonds is 4. The van der Waals surface area contributed by atoms with Crippen molar-refractivity contribution in [1.82, 2.24) is 4.90 Å². The first-order valence-corrected chi connectivity index (χ1v) is 8.03. The summed E-state index contributed by atoms with van der Waals surface area (Å²) in [6.45, 7) is 7.92. The molecule has 2 nitrogen and oxygen atoms in total. The van der Waals surface area contributed by atoms with Crippen molar-refractivity contribution < 1.29 is 0 Å². The summed E-state index contributed by atoms with van der Waals surface area (Å²) in [5, 5.41) is 0. The van der Waals surface area contributed by atoms with Gasteiger partial charge in [0.25, 0.3) is 0 Å². The highest BCUT2D eigenvalue weighted by molar-refractivity contribution is 6.35. The normalized spacial score (nSPS) is 20.9.